The summed E-state index contributed by atoms with van der Waals surface area (Å²) >= 11 is 5.95. The molecule has 1 fully saturated rings. The maximum Gasteiger partial charge on any atom is 0.251 e. The molecule has 2 rings (SSSR count). The summed E-state index contributed by atoms with van der Waals surface area (Å²) in [4.78, 5) is 12.2. The van der Waals surface area contributed by atoms with Crippen molar-refractivity contribution in [2.45, 2.75) is 32.2 Å². The molecule has 0 aliphatic heterocycles. The van der Waals surface area contributed by atoms with Crippen LogP contribution < -0.4 is 11.1 Å². The molecule has 1 unspecified atom stereocenters. The molecule has 3 N–H and O–H groups in total. The minimum absolute atomic E-state index is 0.0744. The molecule has 3 nitrogen and oxygen atoms in total. The molecule has 1 aromatic carbocycles. The minimum Gasteiger partial charge on any atom is -0.345 e. The molecule has 0 radical (unpaired) electrons. The van der Waals surface area contributed by atoms with Gasteiger partial charge in [-0.1, -0.05) is 11.6 Å². The van der Waals surface area contributed by atoms with E-state index in [-0.39, 0.29) is 11.4 Å². The lowest BCUT2D eigenvalue weighted by molar-refractivity contribution is 0.0898. The zero-order chi connectivity index (χ0) is 13.3. The van der Waals surface area contributed by atoms with Crippen LogP contribution in [0.15, 0.2) is 18.2 Å². The molecule has 1 aliphatic carbocycles. The van der Waals surface area contributed by atoms with Crippen LogP contribution in [0.4, 0.5) is 0 Å². The molecule has 0 spiro atoms. The van der Waals surface area contributed by atoms with Crippen molar-refractivity contribution in [3.05, 3.63) is 34.3 Å². The molecular weight excluding hydrogens is 248 g/mol. The molecule has 0 heterocycles. The van der Waals surface area contributed by atoms with Crippen LogP contribution in [-0.4, -0.2) is 18.0 Å². The number of aryl methyl sites for hydroxylation is 1. The number of nitrogens with two attached hydrogens (primary N) is 1. The van der Waals surface area contributed by atoms with Crippen molar-refractivity contribution in [3.8, 4) is 0 Å². The Hall–Kier alpha value is -1.06. The van der Waals surface area contributed by atoms with Gasteiger partial charge in [0.05, 0.1) is 5.54 Å². The fraction of sp³-hybridized carbons (Fsp3) is 0.500. The van der Waals surface area contributed by atoms with Gasteiger partial charge in [0, 0.05) is 17.1 Å². The second-order valence-corrected chi connectivity index (χ2v) is 5.72. The number of rotatable bonds is 4. The van der Waals surface area contributed by atoms with Gasteiger partial charge in [-0.15, -0.1) is 0 Å². The third-order valence-corrected chi connectivity index (χ3v) is 4.15. The monoisotopic (exact) mass is 266 g/mol. The summed E-state index contributed by atoms with van der Waals surface area (Å²) in [5.41, 5.74) is 7.05. The quantitative estimate of drug-likeness (QED) is 0.880. The Labute approximate surface area is 113 Å². The number of hydrogen-bond donors (Lipinski definition) is 2. The summed E-state index contributed by atoms with van der Waals surface area (Å²) in [6.45, 7) is 4.38. The highest BCUT2D eigenvalue weighted by molar-refractivity contribution is 6.31. The Morgan fingerprint density at radius 3 is 2.72 bits per heavy atom. The third kappa shape index (κ3) is 2.68. The number of amides is 1. The molecule has 1 atom stereocenters. The average molecular weight is 267 g/mol. The van der Waals surface area contributed by atoms with E-state index in [9.17, 15) is 4.79 Å². The Morgan fingerprint density at radius 1 is 1.56 bits per heavy atom. The van der Waals surface area contributed by atoms with Gasteiger partial charge in [-0.05, 0) is 56.4 Å². The van der Waals surface area contributed by atoms with Crippen LogP contribution in [0.3, 0.4) is 0 Å². The molecule has 98 valence electrons. The van der Waals surface area contributed by atoms with Gasteiger partial charge in [0.15, 0.2) is 0 Å². The highest BCUT2D eigenvalue weighted by Gasteiger charge is 2.41. The zero-order valence-electron chi connectivity index (χ0n) is 10.8. The molecule has 18 heavy (non-hydrogen) atoms. The largest absolute Gasteiger partial charge is 0.345 e. The highest BCUT2D eigenvalue weighted by Crippen LogP contribution is 2.39. The second-order valence-electron chi connectivity index (χ2n) is 5.31. The molecule has 1 aliphatic rings. The van der Waals surface area contributed by atoms with Crippen molar-refractivity contribution in [1.29, 1.82) is 0 Å². The summed E-state index contributed by atoms with van der Waals surface area (Å²) in [6, 6.07) is 5.30. The van der Waals surface area contributed by atoms with E-state index in [1.165, 1.54) is 0 Å². The van der Waals surface area contributed by atoms with E-state index in [0.717, 1.165) is 18.4 Å². The van der Waals surface area contributed by atoms with Crippen molar-refractivity contribution in [3.63, 3.8) is 0 Å². The maximum atomic E-state index is 12.2. The van der Waals surface area contributed by atoms with Crippen molar-refractivity contribution < 1.29 is 4.79 Å². The molecule has 1 aromatic rings. The van der Waals surface area contributed by atoms with Crippen molar-refractivity contribution in [2.75, 3.05) is 6.54 Å². The summed E-state index contributed by atoms with van der Waals surface area (Å²) in [6.07, 6.45) is 2.29. The van der Waals surface area contributed by atoms with Crippen LogP contribution >= 0.6 is 11.6 Å². The van der Waals surface area contributed by atoms with Crippen LogP contribution in [0.2, 0.25) is 5.02 Å². The topological polar surface area (TPSA) is 55.1 Å². The smallest absolute Gasteiger partial charge is 0.251 e. The van der Waals surface area contributed by atoms with E-state index >= 15 is 0 Å². The van der Waals surface area contributed by atoms with E-state index in [1.54, 1.807) is 12.1 Å². The summed E-state index contributed by atoms with van der Waals surface area (Å²) in [5, 5.41) is 3.74. The van der Waals surface area contributed by atoms with Gasteiger partial charge in [-0.25, -0.2) is 0 Å². The van der Waals surface area contributed by atoms with E-state index < -0.39 is 0 Å². The molecule has 0 bridgehead atoms. The first kappa shape index (κ1) is 13.4. The number of benzene rings is 1. The van der Waals surface area contributed by atoms with E-state index in [1.807, 2.05) is 19.9 Å². The van der Waals surface area contributed by atoms with Crippen LogP contribution in [0, 0.1) is 12.8 Å². The first-order valence-corrected chi connectivity index (χ1v) is 6.63. The normalized spacial score (nSPS) is 18.2. The Bertz CT molecular complexity index is 471. The zero-order valence-corrected chi connectivity index (χ0v) is 11.6. The lowest BCUT2D eigenvalue weighted by Crippen LogP contribution is -2.53. The summed E-state index contributed by atoms with van der Waals surface area (Å²) in [7, 11) is 0. The van der Waals surface area contributed by atoms with Crippen molar-refractivity contribution in [1.82, 2.24) is 5.32 Å². The lowest BCUT2D eigenvalue weighted by atomic mass is 9.95. The van der Waals surface area contributed by atoms with Gasteiger partial charge < -0.3 is 11.1 Å². The van der Waals surface area contributed by atoms with Crippen molar-refractivity contribution >= 4 is 17.5 Å². The number of halogens is 1. The molecule has 0 aromatic heterocycles. The summed E-state index contributed by atoms with van der Waals surface area (Å²) in [5.74, 6) is 0.439. The van der Waals surface area contributed by atoms with Gasteiger partial charge in [0.25, 0.3) is 5.91 Å². The Balaban J connectivity index is 2.13. The third-order valence-electron chi connectivity index (χ3n) is 3.72. The van der Waals surface area contributed by atoms with Crippen LogP contribution in [0.1, 0.15) is 35.7 Å². The second kappa shape index (κ2) is 4.90. The molecule has 1 saturated carbocycles. The molecule has 1 amide bonds. The van der Waals surface area contributed by atoms with Gasteiger partial charge >= 0.3 is 0 Å². The van der Waals surface area contributed by atoms with Gasteiger partial charge in [0.2, 0.25) is 0 Å². The number of carbonyl (C=O) groups is 1. The highest BCUT2D eigenvalue weighted by atomic mass is 35.5. The Kier molecular flexibility index (Phi) is 3.64. The first-order valence-electron chi connectivity index (χ1n) is 6.25. The van der Waals surface area contributed by atoms with E-state index in [2.05, 4.69) is 5.32 Å². The number of nitrogens with one attached hydrogen (secondary N) is 1. The van der Waals surface area contributed by atoms with Crippen LogP contribution in [-0.2, 0) is 0 Å². The number of hydrogen-bond acceptors (Lipinski definition) is 2. The fourth-order valence-electron chi connectivity index (χ4n) is 2.16. The SMILES string of the molecule is Cc1cc(C(=O)NC(C)(CN)C2CC2)ccc1Cl. The minimum atomic E-state index is -0.287. The summed E-state index contributed by atoms with van der Waals surface area (Å²) < 4.78 is 0. The molecular formula is C14H19ClN2O. The van der Waals surface area contributed by atoms with Gasteiger partial charge in [0.1, 0.15) is 0 Å². The predicted molar refractivity (Wildman–Crippen MR) is 73.8 cm³/mol. The van der Waals surface area contributed by atoms with E-state index in [0.29, 0.717) is 23.0 Å². The van der Waals surface area contributed by atoms with Crippen LogP contribution in [0.5, 0.6) is 0 Å². The van der Waals surface area contributed by atoms with Gasteiger partial charge in [-0.3, -0.25) is 4.79 Å². The molecule has 0 saturated heterocycles. The average Bonchev–Trinajstić information content (AvgIpc) is 3.16. The Morgan fingerprint density at radius 2 is 2.22 bits per heavy atom. The van der Waals surface area contributed by atoms with E-state index in [4.69, 9.17) is 17.3 Å². The molecule has 4 heteroatoms. The van der Waals surface area contributed by atoms with Crippen molar-refractivity contribution in [2.24, 2.45) is 11.7 Å². The number of carbonyl (C=O) groups excluding carboxylic acids is 1. The standard InChI is InChI=1S/C14H19ClN2O/c1-9-7-10(3-6-12(9)15)13(18)17-14(2,8-16)11-4-5-11/h3,6-7,11H,4-5,8,16H2,1-2H3,(H,17,18). The van der Waals surface area contributed by atoms with Crippen LogP contribution in [0.25, 0.3) is 0 Å². The maximum absolute atomic E-state index is 12.2. The lowest BCUT2D eigenvalue weighted by Gasteiger charge is -2.29. The van der Waals surface area contributed by atoms with Gasteiger partial charge in [-0.2, -0.15) is 0 Å². The fourth-order valence-corrected chi connectivity index (χ4v) is 2.28. The predicted octanol–water partition coefficient (Wildman–Crippen LogP) is 2.51. The first-order chi connectivity index (χ1) is 8.46.